The minimum Gasteiger partial charge on any atom is -0.310 e. The Labute approximate surface area is 224 Å². The lowest BCUT2D eigenvalue weighted by Gasteiger charge is -2.12. The van der Waals surface area contributed by atoms with Gasteiger partial charge in [0.05, 0.1) is 12.7 Å². The van der Waals surface area contributed by atoms with E-state index >= 15 is 0 Å². The highest BCUT2D eigenvalue weighted by molar-refractivity contribution is 6.04. The number of aromatic nitrogens is 7. The Morgan fingerprint density at radius 1 is 1.07 bits per heavy atom. The Morgan fingerprint density at radius 3 is 2.65 bits per heavy atom. The molecule has 1 aliphatic rings. The van der Waals surface area contributed by atoms with Crippen LogP contribution in [-0.2, 0) is 6.54 Å². The van der Waals surface area contributed by atoms with Crippen molar-refractivity contribution < 1.29 is 18.0 Å². The molecule has 1 N–H and O–H groups in total. The maximum absolute atomic E-state index is 14.4. The molecule has 0 radical (unpaired) electrons. The van der Waals surface area contributed by atoms with Crippen LogP contribution >= 0.6 is 0 Å². The summed E-state index contributed by atoms with van der Waals surface area (Å²) in [4.78, 5) is 31.2. The van der Waals surface area contributed by atoms with Crippen molar-refractivity contribution in [2.24, 2.45) is 0 Å². The topological polar surface area (TPSA) is 113 Å². The summed E-state index contributed by atoms with van der Waals surface area (Å²) in [5, 5.41) is 14.4. The van der Waals surface area contributed by atoms with Crippen molar-refractivity contribution in [1.82, 2.24) is 34.1 Å². The number of halogens is 3. The van der Waals surface area contributed by atoms with Crippen molar-refractivity contribution in [3.63, 3.8) is 0 Å². The lowest BCUT2D eigenvalue weighted by molar-refractivity contribution is 0.0566. The molecule has 1 saturated carbocycles. The van der Waals surface area contributed by atoms with Crippen molar-refractivity contribution in [2.75, 3.05) is 5.32 Å². The van der Waals surface area contributed by atoms with Crippen LogP contribution in [0.2, 0.25) is 0 Å². The molecule has 202 valence electrons. The zero-order valence-electron chi connectivity index (χ0n) is 20.8. The first kappa shape index (κ1) is 25.2. The first-order chi connectivity index (χ1) is 19.4. The van der Waals surface area contributed by atoms with Crippen LogP contribution in [0, 0.1) is 5.82 Å². The Bertz CT molecular complexity index is 1770. The second-order valence-corrected chi connectivity index (χ2v) is 9.31. The van der Waals surface area contributed by atoms with Gasteiger partial charge in [-0.15, -0.1) is 10.2 Å². The molecule has 0 unspecified atom stereocenters. The second-order valence-electron chi connectivity index (χ2n) is 9.31. The molecule has 5 aromatic rings. The summed E-state index contributed by atoms with van der Waals surface area (Å²) in [6.45, 7) is -3.06. The number of nitrogens with zero attached hydrogens (tertiary/aromatic N) is 7. The monoisotopic (exact) mass is 546 g/mol. The number of pyridine rings is 2. The van der Waals surface area contributed by atoms with Crippen molar-refractivity contribution in [3.05, 3.63) is 101 Å². The normalized spacial score (nSPS) is 13.1. The van der Waals surface area contributed by atoms with Crippen molar-refractivity contribution in [3.8, 4) is 22.6 Å². The summed E-state index contributed by atoms with van der Waals surface area (Å²) in [6, 6.07) is 12.5. The van der Waals surface area contributed by atoms with Crippen LogP contribution in [0.4, 0.5) is 19.0 Å². The Morgan fingerprint density at radius 2 is 1.90 bits per heavy atom. The summed E-state index contributed by atoms with van der Waals surface area (Å²) in [5.74, 6) is -0.576. The van der Waals surface area contributed by atoms with E-state index in [4.69, 9.17) is 0 Å². The van der Waals surface area contributed by atoms with Crippen LogP contribution in [0.3, 0.4) is 0 Å². The van der Waals surface area contributed by atoms with Gasteiger partial charge in [0.1, 0.15) is 29.2 Å². The molecule has 0 saturated heterocycles. The van der Waals surface area contributed by atoms with Gasteiger partial charge in [0.25, 0.3) is 11.5 Å². The standard InChI is InChI=1S/C27H21F3N8O2/c28-21-5-2-1-4-16(21)12-36-13-17(18-11-32-38(14-18)27(29)30)10-20(26(36)40)25(39)34-23-7-3-6-22(33-23)24-35-31-15-37(24)19-8-9-19/h1-7,10-11,13-15,19,27H,8-9,12H2,(H,33,34,39). The van der Waals surface area contributed by atoms with E-state index in [0.717, 1.165) is 23.6 Å². The molecule has 0 atom stereocenters. The summed E-state index contributed by atoms with van der Waals surface area (Å²) in [6.07, 6.45) is 7.35. The lowest BCUT2D eigenvalue weighted by atomic mass is 10.1. The fourth-order valence-electron chi connectivity index (χ4n) is 4.34. The van der Waals surface area contributed by atoms with Crippen LogP contribution in [0.15, 0.2) is 78.2 Å². The van der Waals surface area contributed by atoms with Gasteiger partial charge in [-0.25, -0.2) is 14.1 Å². The number of rotatable bonds is 8. The largest absolute Gasteiger partial charge is 0.333 e. The highest BCUT2D eigenvalue weighted by atomic mass is 19.3. The van der Waals surface area contributed by atoms with Crippen LogP contribution in [0.1, 0.15) is 41.4 Å². The van der Waals surface area contributed by atoms with E-state index < -0.39 is 23.8 Å². The summed E-state index contributed by atoms with van der Waals surface area (Å²) in [5.41, 5.74) is 0.239. The van der Waals surface area contributed by atoms with Crippen LogP contribution in [0.25, 0.3) is 22.6 Å². The smallest absolute Gasteiger partial charge is 0.310 e. The molecular formula is C27H21F3N8O2. The Kier molecular flexibility index (Phi) is 6.46. The highest BCUT2D eigenvalue weighted by Gasteiger charge is 2.27. The van der Waals surface area contributed by atoms with Gasteiger partial charge in [-0.2, -0.15) is 13.9 Å². The van der Waals surface area contributed by atoms with E-state index in [9.17, 15) is 22.8 Å². The first-order valence-corrected chi connectivity index (χ1v) is 12.4. The number of amides is 1. The molecule has 1 aliphatic carbocycles. The number of alkyl halides is 2. The quantitative estimate of drug-likeness (QED) is 0.306. The van der Waals surface area contributed by atoms with Crippen molar-refractivity contribution in [2.45, 2.75) is 32.0 Å². The molecule has 0 bridgehead atoms. The van der Waals surface area contributed by atoms with Gasteiger partial charge in [0, 0.05) is 35.1 Å². The van der Waals surface area contributed by atoms with Crippen LogP contribution in [0.5, 0.6) is 0 Å². The number of anilines is 1. The van der Waals surface area contributed by atoms with Crippen molar-refractivity contribution >= 4 is 11.7 Å². The van der Waals surface area contributed by atoms with Crippen LogP contribution in [-0.4, -0.2) is 40.0 Å². The zero-order chi connectivity index (χ0) is 27.8. The van der Waals surface area contributed by atoms with Gasteiger partial charge in [-0.05, 0) is 37.1 Å². The number of hydrogen-bond acceptors (Lipinski definition) is 6. The van der Waals surface area contributed by atoms with Crippen LogP contribution < -0.4 is 10.9 Å². The fraction of sp³-hybridized carbons (Fsp3) is 0.185. The second kappa shape index (κ2) is 10.2. The summed E-state index contributed by atoms with van der Waals surface area (Å²) < 4.78 is 44.2. The lowest BCUT2D eigenvalue weighted by Crippen LogP contribution is -2.30. The maximum Gasteiger partial charge on any atom is 0.333 e. The number of carbonyl (C=O) groups is 1. The third kappa shape index (κ3) is 5.00. The van der Waals surface area contributed by atoms with E-state index in [2.05, 4.69) is 25.6 Å². The molecule has 40 heavy (non-hydrogen) atoms. The molecule has 1 aromatic carbocycles. The van der Waals surface area contributed by atoms with E-state index in [1.165, 1.54) is 36.7 Å². The minimum atomic E-state index is -2.87. The molecule has 0 spiro atoms. The molecule has 4 heterocycles. The number of carbonyl (C=O) groups excluding carboxylic acids is 1. The SMILES string of the molecule is O=C(Nc1cccc(-c2nncn2C2CC2)n1)c1cc(-c2cnn(C(F)F)c2)cn(Cc2ccccc2F)c1=O. The summed E-state index contributed by atoms with van der Waals surface area (Å²) in [7, 11) is 0. The third-order valence-corrected chi connectivity index (χ3v) is 6.50. The van der Waals surface area contributed by atoms with Gasteiger partial charge in [0.15, 0.2) is 5.82 Å². The minimum absolute atomic E-state index is 0.170. The maximum atomic E-state index is 14.4. The van der Waals surface area contributed by atoms with E-state index in [1.807, 2.05) is 4.57 Å². The van der Waals surface area contributed by atoms with Gasteiger partial charge < -0.3 is 14.5 Å². The molecule has 4 aromatic heterocycles. The van der Waals surface area contributed by atoms with Gasteiger partial charge >= 0.3 is 6.55 Å². The number of benzene rings is 1. The molecule has 6 rings (SSSR count). The number of nitrogens with one attached hydrogen (secondary N) is 1. The van der Waals surface area contributed by atoms with E-state index in [-0.39, 0.29) is 34.6 Å². The molecular weight excluding hydrogens is 525 g/mol. The Hall–Kier alpha value is -5.07. The Balaban J connectivity index is 1.36. The zero-order valence-corrected chi connectivity index (χ0v) is 20.8. The average Bonchev–Trinajstić information content (AvgIpc) is 3.44. The molecule has 1 amide bonds. The molecule has 0 aliphatic heterocycles. The number of hydrogen-bond donors (Lipinski definition) is 1. The predicted molar refractivity (Wildman–Crippen MR) is 138 cm³/mol. The third-order valence-electron chi connectivity index (χ3n) is 6.50. The van der Waals surface area contributed by atoms with E-state index in [1.54, 1.807) is 30.6 Å². The van der Waals surface area contributed by atoms with Gasteiger partial charge in [-0.3, -0.25) is 9.59 Å². The van der Waals surface area contributed by atoms with Gasteiger partial charge in [0.2, 0.25) is 0 Å². The first-order valence-electron chi connectivity index (χ1n) is 12.4. The average molecular weight is 547 g/mol. The van der Waals surface area contributed by atoms with E-state index in [0.29, 0.717) is 22.2 Å². The highest BCUT2D eigenvalue weighted by Crippen LogP contribution is 2.37. The fourth-order valence-corrected chi connectivity index (χ4v) is 4.34. The van der Waals surface area contributed by atoms with Crippen molar-refractivity contribution in [1.29, 1.82) is 0 Å². The molecule has 1 fully saturated rings. The van der Waals surface area contributed by atoms with Gasteiger partial charge in [-0.1, -0.05) is 24.3 Å². The summed E-state index contributed by atoms with van der Waals surface area (Å²) >= 11 is 0. The predicted octanol–water partition coefficient (Wildman–Crippen LogP) is 4.54. The molecule has 13 heteroatoms. The molecule has 10 nitrogen and oxygen atoms in total.